The Kier molecular flexibility index (Phi) is 5.25. The number of rotatable bonds is 6. The lowest BCUT2D eigenvalue weighted by Crippen LogP contribution is -2.61. The van der Waals surface area contributed by atoms with E-state index >= 15 is 0 Å². The van der Waals surface area contributed by atoms with Gasteiger partial charge in [-0.2, -0.15) is 0 Å². The number of likely N-dealkylation sites (tertiary alicyclic amines) is 1. The van der Waals surface area contributed by atoms with E-state index in [1.54, 1.807) is 18.3 Å². The van der Waals surface area contributed by atoms with E-state index in [9.17, 15) is 14.7 Å². The zero-order valence-corrected chi connectivity index (χ0v) is 16.2. The van der Waals surface area contributed by atoms with Gasteiger partial charge < -0.3 is 20.6 Å². The average molecular weight is 387 g/mol. The fourth-order valence-electron chi connectivity index (χ4n) is 4.33. The molecule has 8 heteroatoms. The van der Waals surface area contributed by atoms with Gasteiger partial charge in [-0.05, 0) is 43.7 Å². The summed E-state index contributed by atoms with van der Waals surface area (Å²) in [6, 6.07) is 3.40. The number of carbonyl (C=O) groups is 2. The van der Waals surface area contributed by atoms with E-state index in [1.807, 2.05) is 9.80 Å². The van der Waals surface area contributed by atoms with Crippen LogP contribution in [0.2, 0.25) is 0 Å². The summed E-state index contributed by atoms with van der Waals surface area (Å²) in [5, 5.41) is 11.1. The number of carbonyl (C=O) groups excluding carboxylic acids is 2. The third kappa shape index (κ3) is 3.98. The number of piperidine rings is 1. The Morgan fingerprint density at radius 1 is 1.25 bits per heavy atom. The van der Waals surface area contributed by atoms with E-state index in [4.69, 9.17) is 5.73 Å². The van der Waals surface area contributed by atoms with Crippen LogP contribution in [0.3, 0.4) is 0 Å². The molecule has 2 aliphatic heterocycles. The van der Waals surface area contributed by atoms with Crippen LogP contribution in [0, 0.1) is 5.92 Å². The molecule has 0 bridgehead atoms. The molecular weight excluding hydrogens is 358 g/mol. The number of nitrogens with two attached hydrogens (primary N) is 1. The number of β-amino-alcohol motifs (C(OH)–C–C–N with tert-alkyl or cyclic N) is 1. The van der Waals surface area contributed by atoms with Crippen molar-refractivity contribution in [3.63, 3.8) is 0 Å². The monoisotopic (exact) mass is 387 g/mol. The van der Waals surface area contributed by atoms with Crippen molar-refractivity contribution in [3.05, 3.63) is 23.9 Å². The number of nitrogens with zero attached hydrogens (tertiary/aromatic N) is 4. The van der Waals surface area contributed by atoms with Crippen molar-refractivity contribution >= 4 is 17.6 Å². The topological polar surface area (TPSA) is 103 Å². The van der Waals surface area contributed by atoms with E-state index in [2.05, 4.69) is 9.88 Å². The van der Waals surface area contributed by atoms with Crippen LogP contribution in [-0.2, 0) is 4.79 Å². The SMILES string of the molecule is NC(=O)c1cccnc1N1CCN(C[C@]2(O)CCCN(CC3CC3)C2=O)CC1. The number of hydrogen-bond donors (Lipinski definition) is 2. The fraction of sp³-hybridized carbons (Fsp3) is 0.650. The minimum atomic E-state index is -1.28. The van der Waals surface area contributed by atoms with Gasteiger partial charge in [0.15, 0.2) is 5.60 Å². The first-order chi connectivity index (χ1) is 13.5. The Balaban J connectivity index is 1.36. The summed E-state index contributed by atoms with van der Waals surface area (Å²) in [6.07, 6.45) is 5.44. The van der Waals surface area contributed by atoms with Gasteiger partial charge in [0.05, 0.1) is 5.56 Å². The Morgan fingerprint density at radius 3 is 2.68 bits per heavy atom. The highest BCUT2D eigenvalue weighted by Crippen LogP contribution is 2.33. The predicted molar refractivity (Wildman–Crippen MR) is 105 cm³/mol. The van der Waals surface area contributed by atoms with Gasteiger partial charge in [0.1, 0.15) is 5.82 Å². The smallest absolute Gasteiger partial charge is 0.255 e. The van der Waals surface area contributed by atoms with Crippen molar-refractivity contribution in [1.29, 1.82) is 0 Å². The third-order valence-electron chi connectivity index (χ3n) is 6.09. The molecule has 8 nitrogen and oxygen atoms in total. The largest absolute Gasteiger partial charge is 0.379 e. The molecule has 28 heavy (non-hydrogen) atoms. The van der Waals surface area contributed by atoms with Crippen LogP contribution < -0.4 is 10.6 Å². The van der Waals surface area contributed by atoms with E-state index in [-0.39, 0.29) is 5.91 Å². The summed E-state index contributed by atoms with van der Waals surface area (Å²) in [7, 11) is 0. The van der Waals surface area contributed by atoms with E-state index < -0.39 is 11.5 Å². The molecule has 3 N–H and O–H groups in total. The molecule has 2 amide bonds. The zero-order valence-electron chi connectivity index (χ0n) is 16.2. The average Bonchev–Trinajstić information content (AvgIpc) is 3.50. The molecule has 0 spiro atoms. The zero-order chi connectivity index (χ0) is 19.7. The molecule has 1 saturated carbocycles. The number of aromatic nitrogens is 1. The predicted octanol–water partition coefficient (Wildman–Crippen LogP) is 0.0660. The van der Waals surface area contributed by atoms with Gasteiger partial charge in [-0.1, -0.05) is 0 Å². The maximum Gasteiger partial charge on any atom is 0.255 e. The van der Waals surface area contributed by atoms with Gasteiger partial charge in [-0.15, -0.1) is 0 Å². The highest BCUT2D eigenvalue weighted by molar-refractivity contribution is 5.97. The number of amides is 2. The Labute approximate surface area is 165 Å². The van der Waals surface area contributed by atoms with E-state index in [0.29, 0.717) is 56.4 Å². The van der Waals surface area contributed by atoms with Gasteiger partial charge in [-0.3, -0.25) is 14.5 Å². The van der Waals surface area contributed by atoms with Gasteiger partial charge in [0.2, 0.25) is 0 Å². The molecule has 1 aromatic rings. The van der Waals surface area contributed by atoms with Crippen LogP contribution in [0.4, 0.5) is 5.82 Å². The Hall–Kier alpha value is -2.19. The summed E-state index contributed by atoms with van der Waals surface area (Å²) < 4.78 is 0. The van der Waals surface area contributed by atoms with Gasteiger partial charge in [0.25, 0.3) is 11.8 Å². The molecule has 3 fully saturated rings. The minimum Gasteiger partial charge on any atom is -0.379 e. The lowest BCUT2D eigenvalue weighted by molar-refractivity contribution is -0.159. The number of anilines is 1. The molecule has 4 rings (SSSR count). The maximum atomic E-state index is 12.9. The van der Waals surface area contributed by atoms with Crippen LogP contribution in [0.5, 0.6) is 0 Å². The van der Waals surface area contributed by atoms with Crippen molar-refractivity contribution in [1.82, 2.24) is 14.8 Å². The standard InChI is InChI=1S/C20H29N5O3/c21-17(26)16-3-1-7-22-18(16)24-11-9-23(10-12-24)14-20(28)6-2-8-25(19(20)27)13-15-4-5-15/h1,3,7,15,28H,2,4-6,8-14H2,(H2,21,26)/t20-/m1/s1. The van der Waals surface area contributed by atoms with Crippen LogP contribution >= 0.6 is 0 Å². The third-order valence-corrected chi connectivity index (χ3v) is 6.09. The van der Waals surface area contributed by atoms with Crippen molar-refractivity contribution < 1.29 is 14.7 Å². The number of hydrogen-bond acceptors (Lipinski definition) is 6. The summed E-state index contributed by atoms with van der Waals surface area (Å²) in [5.74, 6) is 0.655. The molecule has 0 unspecified atom stereocenters. The molecule has 3 heterocycles. The van der Waals surface area contributed by atoms with Gasteiger partial charge >= 0.3 is 0 Å². The molecule has 2 saturated heterocycles. The highest BCUT2D eigenvalue weighted by Gasteiger charge is 2.44. The number of primary amides is 1. The van der Waals surface area contributed by atoms with Crippen LogP contribution in [0.1, 0.15) is 36.0 Å². The second-order valence-electron chi connectivity index (χ2n) is 8.33. The molecule has 3 aliphatic rings. The second-order valence-corrected chi connectivity index (χ2v) is 8.33. The molecule has 1 atom stereocenters. The van der Waals surface area contributed by atoms with Gasteiger partial charge in [0, 0.05) is 52.0 Å². The van der Waals surface area contributed by atoms with Crippen molar-refractivity contribution in [3.8, 4) is 0 Å². The Bertz CT molecular complexity index is 745. The minimum absolute atomic E-state index is 0.103. The molecule has 1 aromatic heterocycles. The van der Waals surface area contributed by atoms with E-state index in [0.717, 1.165) is 19.5 Å². The Morgan fingerprint density at radius 2 is 2.00 bits per heavy atom. The van der Waals surface area contributed by atoms with Crippen molar-refractivity contribution in [2.75, 3.05) is 50.7 Å². The quantitative estimate of drug-likeness (QED) is 0.716. The molecule has 1 aliphatic carbocycles. The number of aliphatic hydroxyl groups is 1. The lowest BCUT2D eigenvalue weighted by atomic mass is 9.90. The lowest BCUT2D eigenvalue weighted by Gasteiger charge is -2.43. The van der Waals surface area contributed by atoms with Crippen molar-refractivity contribution in [2.24, 2.45) is 11.7 Å². The van der Waals surface area contributed by atoms with Crippen molar-refractivity contribution in [2.45, 2.75) is 31.3 Å². The number of piperazine rings is 1. The molecule has 0 radical (unpaired) electrons. The van der Waals surface area contributed by atoms with Gasteiger partial charge in [-0.25, -0.2) is 4.98 Å². The first-order valence-electron chi connectivity index (χ1n) is 10.2. The second kappa shape index (κ2) is 7.67. The first-order valence-corrected chi connectivity index (χ1v) is 10.2. The number of pyridine rings is 1. The molecule has 0 aromatic carbocycles. The maximum absolute atomic E-state index is 12.9. The molecule has 152 valence electrons. The summed E-state index contributed by atoms with van der Waals surface area (Å²) >= 11 is 0. The van der Waals surface area contributed by atoms with Crippen LogP contribution in [-0.4, -0.2) is 83.1 Å². The normalized spacial score (nSPS) is 26.5. The summed E-state index contributed by atoms with van der Waals surface area (Å²) in [6.45, 7) is 4.68. The highest BCUT2D eigenvalue weighted by atomic mass is 16.3. The summed E-state index contributed by atoms with van der Waals surface area (Å²) in [5.41, 5.74) is 4.61. The van der Waals surface area contributed by atoms with Crippen LogP contribution in [0.15, 0.2) is 18.3 Å². The molecular formula is C20H29N5O3. The summed E-state index contributed by atoms with van der Waals surface area (Å²) in [4.78, 5) is 34.9. The first kappa shape index (κ1) is 19.1. The fourth-order valence-corrected chi connectivity index (χ4v) is 4.33. The van der Waals surface area contributed by atoms with E-state index in [1.165, 1.54) is 12.8 Å². The van der Waals surface area contributed by atoms with Crippen LogP contribution in [0.25, 0.3) is 0 Å².